The zero-order valence-corrected chi connectivity index (χ0v) is 8.34. The predicted molar refractivity (Wildman–Crippen MR) is 50.8 cm³/mol. The van der Waals surface area contributed by atoms with Gasteiger partial charge in [-0.15, -0.1) is 11.6 Å². The van der Waals surface area contributed by atoms with E-state index in [2.05, 4.69) is 4.98 Å². The summed E-state index contributed by atoms with van der Waals surface area (Å²) in [7, 11) is 0. The summed E-state index contributed by atoms with van der Waals surface area (Å²) in [5.74, 6) is 0.0347. The Morgan fingerprint density at radius 1 is 1.62 bits per heavy atom. The maximum absolute atomic E-state index is 9.55. The fourth-order valence-electron chi connectivity index (χ4n) is 1.17. The van der Waals surface area contributed by atoms with Crippen molar-refractivity contribution in [2.75, 3.05) is 0 Å². The Kier molecular flexibility index (Phi) is 3.12. The molecule has 1 heterocycles. The minimum Gasteiger partial charge on any atom is -0.506 e. The Morgan fingerprint density at radius 2 is 2.23 bits per heavy atom. The molecule has 2 N–H and O–H groups in total. The number of pyridine rings is 1. The highest BCUT2D eigenvalue weighted by Crippen LogP contribution is 2.30. The minimum absolute atomic E-state index is 0.0347. The molecule has 0 saturated carbocycles. The maximum atomic E-state index is 9.55. The number of aromatic hydroxyl groups is 1. The van der Waals surface area contributed by atoms with Crippen molar-refractivity contribution < 1.29 is 10.2 Å². The molecule has 1 aromatic heterocycles. The van der Waals surface area contributed by atoms with Crippen molar-refractivity contribution in [2.24, 2.45) is 0 Å². The fourth-order valence-corrected chi connectivity index (χ4v) is 1.36. The largest absolute Gasteiger partial charge is 0.506 e. The Morgan fingerprint density at radius 3 is 2.69 bits per heavy atom. The number of rotatable bonds is 2. The van der Waals surface area contributed by atoms with Gasteiger partial charge in [-0.2, -0.15) is 0 Å². The first-order valence-electron chi connectivity index (χ1n) is 4.00. The lowest BCUT2D eigenvalue weighted by Crippen LogP contribution is -1.99. The second-order valence-corrected chi connectivity index (χ2v) is 3.55. The first-order valence-corrected chi connectivity index (χ1v) is 4.43. The van der Waals surface area contributed by atoms with E-state index in [1.54, 1.807) is 20.0 Å². The van der Waals surface area contributed by atoms with E-state index >= 15 is 0 Å². The first kappa shape index (κ1) is 10.3. The molecule has 0 fully saturated rings. The van der Waals surface area contributed by atoms with E-state index in [1.165, 1.54) is 0 Å². The van der Waals surface area contributed by atoms with Gasteiger partial charge in [-0.05, 0) is 19.4 Å². The summed E-state index contributed by atoms with van der Waals surface area (Å²) in [6, 6.07) is 0. The molecule has 0 aliphatic heterocycles. The second kappa shape index (κ2) is 3.94. The highest BCUT2D eigenvalue weighted by atomic mass is 35.5. The molecule has 0 aromatic carbocycles. The SMILES string of the molecule is Cc1ncc(C(C)Cl)c(CO)c1O. The van der Waals surface area contributed by atoms with Crippen LogP contribution in [0.1, 0.15) is 29.1 Å². The molecule has 3 nitrogen and oxygen atoms in total. The average molecular weight is 202 g/mol. The number of aromatic nitrogens is 1. The molecule has 1 unspecified atom stereocenters. The van der Waals surface area contributed by atoms with Crippen molar-refractivity contribution in [3.8, 4) is 5.75 Å². The van der Waals surface area contributed by atoms with Gasteiger partial charge in [0.2, 0.25) is 0 Å². The molecular weight excluding hydrogens is 190 g/mol. The highest BCUT2D eigenvalue weighted by molar-refractivity contribution is 6.20. The Hall–Kier alpha value is -0.800. The number of nitrogens with zero attached hydrogens (tertiary/aromatic N) is 1. The standard InChI is InChI=1S/C9H12ClNO2/c1-5(10)7-3-11-6(2)9(13)8(7)4-12/h3,5,12-13H,4H2,1-2H3. The van der Waals surface area contributed by atoms with Gasteiger partial charge < -0.3 is 10.2 Å². The minimum atomic E-state index is -0.263. The number of hydrogen-bond donors (Lipinski definition) is 2. The molecule has 0 aliphatic rings. The molecule has 13 heavy (non-hydrogen) atoms. The molecule has 72 valence electrons. The van der Waals surface area contributed by atoms with Crippen molar-refractivity contribution in [3.63, 3.8) is 0 Å². The quantitative estimate of drug-likeness (QED) is 0.719. The van der Waals surface area contributed by atoms with Crippen LogP contribution in [0.3, 0.4) is 0 Å². The molecule has 0 spiro atoms. The van der Waals surface area contributed by atoms with Crippen LogP contribution in [0, 0.1) is 6.92 Å². The van der Waals surface area contributed by atoms with Gasteiger partial charge >= 0.3 is 0 Å². The summed E-state index contributed by atoms with van der Waals surface area (Å²) in [6.07, 6.45) is 1.58. The Bertz CT molecular complexity index is 313. The molecule has 4 heteroatoms. The van der Waals surface area contributed by atoms with Crippen molar-refractivity contribution in [1.82, 2.24) is 4.98 Å². The van der Waals surface area contributed by atoms with Crippen LogP contribution in [0.15, 0.2) is 6.20 Å². The van der Waals surface area contributed by atoms with Crippen LogP contribution in [0.25, 0.3) is 0 Å². The normalized spacial score (nSPS) is 12.9. The van der Waals surface area contributed by atoms with Crippen LogP contribution in [0.4, 0.5) is 0 Å². The summed E-state index contributed by atoms with van der Waals surface area (Å²) >= 11 is 5.85. The lowest BCUT2D eigenvalue weighted by atomic mass is 10.1. The summed E-state index contributed by atoms with van der Waals surface area (Å²) < 4.78 is 0. The Balaban J connectivity index is 3.30. The van der Waals surface area contributed by atoms with Crippen LogP contribution in [0.2, 0.25) is 0 Å². The predicted octanol–water partition coefficient (Wildman–Crippen LogP) is 1.89. The third-order valence-corrected chi connectivity index (χ3v) is 2.20. The van der Waals surface area contributed by atoms with E-state index in [0.717, 1.165) is 0 Å². The molecule has 1 atom stereocenters. The van der Waals surface area contributed by atoms with E-state index in [0.29, 0.717) is 16.8 Å². The average Bonchev–Trinajstić information content (AvgIpc) is 2.09. The zero-order valence-electron chi connectivity index (χ0n) is 7.58. The van der Waals surface area contributed by atoms with Crippen molar-refractivity contribution in [3.05, 3.63) is 23.0 Å². The van der Waals surface area contributed by atoms with Gasteiger partial charge in [0.1, 0.15) is 5.75 Å². The number of aliphatic hydroxyl groups excluding tert-OH is 1. The molecule has 1 rings (SSSR count). The van der Waals surface area contributed by atoms with Gasteiger partial charge in [-0.25, -0.2) is 0 Å². The summed E-state index contributed by atoms with van der Waals surface area (Å²) in [5.41, 5.74) is 1.65. The number of aryl methyl sites for hydroxylation is 1. The highest BCUT2D eigenvalue weighted by Gasteiger charge is 2.13. The van der Waals surface area contributed by atoms with E-state index in [-0.39, 0.29) is 17.7 Å². The van der Waals surface area contributed by atoms with E-state index in [4.69, 9.17) is 16.7 Å². The molecule has 1 aromatic rings. The monoisotopic (exact) mass is 201 g/mol. The first-order chi connectivity index (χ1) is 6.07. The van der Waals surface area contributed by atoms with Crippen molar-refractivity contribution >= 4 is 11.6 Å². The molecule has 0 saturated heterocycles. The van der Waals surface area contributed by atoms with Crippen molar-refractivity contribution in [1.29, 1.82) is 0 Å². The smallest absolute Gasteiger partial charge is 0.142 e. The number of hydrogen-bond acceptors (Lipinski definition) is 3. The summed E-state index contributed by atoms with van der Waals surface area (Å²) in [6.45, 7) is 3.23. The van der Waals surface area contributed by atoms with Crippen LogP contribution >= 0.6 is 11.6 Å². The molecule has 0 radical (unpaired) electrons. The molecule has 0 amide bonds. The maximum Gasteiger partial charge on any atom is 0.142 e. The van der Waals surface area contributed by atoms with Crippen LogP contribution in [0.5, 0.6) is 5.75 Å². The van der Waals surface area contributed by atoms with Crippen molar-refractivity contribution in [2.45, 2.75) is 25.8 Å². The van der Waals surface area contributed by atoms with E-state index in [9.17, 15) is 5.11 Å². The number of halogens is 1. The van der Waals surface area contributed by atoms with Gasteiger partial charge in [0.15, 0.2) is 0 Å². The third kappa shape index (κ3) is 1.92. The number of alkyl halides is 1. The van der Waals surface area contributed by atoms with E-state index < -0.39 is 0 Å². The second-order valence-electron chi connectivity index (χ2n) is 2.90. The Labute approximate surface area is 82.0 Å². The summed E-state index contributed by atoms with van der Waals surface area (Å²) in [4.78, 5) is 3.96. The van der Waals surface area contributed by atoms with Gasteiger partial charge in [0.05, 0.1) is 17.7 Å². The molecular formula is C9H12ClNO2. The van der Waals surface area contributed by atoms with E-state index in [1.807, 2.05) is 0 Å². The van der Waals surface area contributed by atoms with Gasteiger partial charge in [0.25, 0.3) is 0 Å². The van der Waals surface area contributed by atoms with Gasteiger partial charge in [0, 0.05) is 11.8 Å². The van der Waals surface area contributed by atoms with Crippen LogP contribution in [-0.2, 0) is 6.61 Å². The third-order valence-electron chi connectivity index (χ3n) is 1.96. The lowest BCUT2D eigenvalue weighted by Gasteiger charge is -2.11. The summed E-state index contributed by atoms with van der Waals surface area (Å²) in [5, 5.41) is 18.3. The zero-order chi connectivity index (χ0) is 10.0. The number of aliphatic hydroxyl groups is 1. The topological polar surface area (TPSA) is 53.4 Å². The molecule has 0 bridgehead atoms. The lowest BCUT2D eigenvalue weighted by molar-refractivity contribution is 0.273. The molecule has 0 aliphatic carbocycles. The fraction of sp³-hybridized carbons (Fsp3) is 0.444. The van der Waals surface area contributed by atoms with Crippen LogP contribution in [-0.4, -0.2) is 15.2 Å². The van der Waals surface area contributed by atoms with Gasteiger partial charge in [-0.1, -0.05) is 0 Å². The van der Waals surface area contributed by atoms with Crippen LogP contribution < -0.4 is 0 Å². The van der Waals surface area contributed by atoms with Gasteiger partial charge in [-0.3, -0.25) is 4.98 Å².